The predicted octanol–water partition coefficient (Wildman–Crippen LogP) is 3.36. The third-order valence-corrected chi connectivity index (χ3v) is 5.46. The van der Waals surface area contributed by atoms with Gasteiger partial charge in [-0.1, -0.05) is 29.3 Å². The molecule has 1 aliphatic heterocycles. The number of hydrogen-bond acceptors (Lipinski definition) is 5. The molecule has 0 atom stereocenters. The maximum atomic E-state index is 13.2. The van der Waals surface area contributed by atoms with Gasteiger partial charge in [0.1, 0.15) is 0 Å². The van der Waals surface area contributed by atoms with E-state index in [4.69, 9.17) is 38.7 Å². The Morgan fingerprint density at radius 1 is 1.11 bits per heavy atom. The average Bonchev–Trinajstić information content (AvgIpc) is 2.69. The molecule has 2 heterocycles. The van der Waals surface area contributed by atoms with Gasteiger partial charge < -0.3 is 15.4 Å². The summed E-state index contributed by atoms with van der Waals surface area (Å²) in [5, 5.41) is 1.73. The molecule has 1 aromatic heterocycles. The smallest absolute Gasteiger partial charge is 0.262 e. The SMILES string of the molecule is Nc1ccc2c(=O)n(CCc3ccc(Cl)cc3Cl)c(N3CCOCC3)nc2c1. The first-order valence-corrected chi connectivity index (χ1v) is 9.85. The molecule has 1 fully saturated rings. The van der Waals surface area contributed by atoms with E-state index in [1.54, 1.807) is 34.9 Å². The van der Waals surface area contributed by atoms with Gasteiger partial charge in [0.2, 0.25) is 5.95 Å². The first-order chi connectivity index (χ1) is 13.5. The number of halogens is 2. The molecule has 0 unspecified atom stereocenters. The van der Waals surface area contributed by atoms with Crippen LogP contribution in [0.15, 0.2) is 41.2 Å². The molecule has 28 heavy (non-hydrogen) atoms. The van der Waals surface area contributed by atoms with E-state index < -0.39 is 0 Å². The van der Waals surface area contributed by atoms with Crippen LogP contribution in [0.2, 0.25) is 10.0 Å². The summed E-state index contributed by atoms with van der Waals surface area (Å²) in [4.78, 5) is 20.1. The average molecular weight is 419 g/mol. The Bertz CT molecular complexity index is 1080. The maximum absolute atomic E-state index is 13.2. The van der Waals surface area contributed by atoms with Crippen molar-refractivity contribution in [2.75, 3.05) is 36.9 Å². The minimum Gasteiger partial charge on any atom is -0.399 e. The molecule has 2 N–H and O–H groups in total. The van der Waals surface area contributed by atoms with Crippen LogP contribution in [-0.4, -0.2) is 35.9 Å². The van der Waals surface area contributed by atoms with E-state index >= 15 is 0 Å². The summed E-state index contributed by atoms with van der Waals surface area (Å²) in [6.07, 6.45) is 0.593. The van der Waals surface area contributed by atoms with Crippen LogP contribution in [0.4, 0.5) is 11.6 Å². The van der Waals surface area contributed by atoms with E-state index in [0.29, 0.717) is 71.9 Å². The second kappa shape index (κ2) is 7.99. The Hall–Kier alpha value is -2.28. The van der Waals surface area contributed by atoms with Crippen molar-refractivity contribution in [1.29, 1.82) is 0 Å². The molecule has 3 aromatic rings. The number of nitrogens with zero attached hydrogens (tertiary/aromatic N) is 3. The van der Waals surface area contributed by atoms with E-state index in [-0.39, 0.29) is 5.56 Å². The highest BCUT2D eigenvalue weighted by atomic mass is 35.5. The second-order valence-electron chi connectivity index (χ2n) is 6.73. The van der Waals surface area contributed by atoms with Gasteiger partial charge in [0.25, 0.3) is 5.56 Å². The molecule has 8 heteroatoms. The van der Waals surface area contributed by atoms with Crippen LogP contribution in [0.1, 0.15) is 5.56 Å². The number of nitrogens with two attached hydrogens (primary N) is 1. The molecular weight excluding hydrogens is 399 g/mol. The first-order valence-electron chi connectivity index (χ1n) is 9.09. The first kappa shape index (κ1) is 19.1. The fraction of sp³-hybridized carbons (Fsp3) is 0.300. The van der Waals surface area contributed by atoms with Gasteiger partial charge in [0, 0.05) is 35.4 Å². The molecule has 1 saturated heterocycles. The lowest BCUT2D eigenvalue weighted by molar-refractivity contribution is 0.121. The summed E-state index contributed by atoms with van der Waals surface area (Å²) >= 11 is 12.3. The number of benzene rings is 2. The predicted molar refractivity (Wildman–Crippen MR) is 114 cm³/mol. The van der Waals surface area contributed by atoms with E-state index in [1.807, 2.05) is 6.07 Å². The highest BCUT2D eigenvalue weighted by Gasteiger charge is 2.19. The molecule has 0 saturated carbocycles. The van der Waals surface area contributed by atoms with Crippen molar-refractivity contribution in [1.82, 2.24) is 9.55 Å². The number of hydrogen-bond donors (Lipinski definition) is 1. The molecule has 0 spiro atoms. The van der Waals surface area contributed by atoms with E-state index in [2.05, 4.69) is 4.90 Å². The molecule has 0 bridgehead atoms. The van der Waals surface area contributed by atoms with Crippen molar-refractivity contribution in [3.05, 3.63) is 62.4 Å². The summed E-state index contributed by atoms with van der Waals surface area (Å²) in [5.41, 5.74) is 7.93. The van der Waals surface area contributed by atoms with Gasteiger partial charge in [-0.3, -0.25) is 9.36 Å². The zero-order valence-electron chi connectivity index (χ0n) is 15.2. The molecule has 2 aromatic carbocycles. The number of aryl methyl sites for hydroxylation is 1. The minimum absolute atomic E-state index is 0.0865. The summed E-state index contributed by atoms with van der Waals surface area (Å²) in [5.74, 6) is 0.636. The standard InChI is InChI=1S/C20H20Cl2N4O2/c21-14-2-1-13(17(22)11-14)5-6-26-19(27)16-4-3-15(23)12-18(16)24-20(26)25-7-9-28-10-8-25/h1-4,11-12H,5-10,23H2. The molecule has 0 radical (unpaired) electrons. The van der Waals surface area contributed by atoms with Crippen molar-refractivity contribution < 1.29 is 4.74 Å². The zero-order valence-corrected chi connectivity index (χ0v) is 16.7. The molecule has 1 aliphatic rings. The number of morpholine rings is 1. The quantitative estimate of drug-likeness (QED) is 0.657. The van der Waals surface area contributed by atoms with Crippen LogP contribution in [0, 0.1) is 0 Å². The van der Waals surface area contributed by atoms with Gasteiger partial charge >= 0.3 is 0 Å². The van der Waals surface area contributed by atoms with E-state index in [0.717, 1.165) is 5.56 Å². The van der Waals surface area contributed by atoms with Crippen molar-refractivity contribution in [3.8, 4) is 0 Å². The number of nitrogen functional groups attached to an aromatic ring is 1. The van der Waals surface area contributed by atoms with Crippen LogP contribution in [0.25, 0.3) is 10.9 Å². The minimum atomic E-state index is -0.0865. The second-order valence-corrected chi connectivity index (χ2v) is 7.57. The lowest BCUT2D eigenvalue weighted by Gasteiger charge is -2.30. The maximum Gasteiger partial charge on any atom is 0.262 e. The lowest BCUT2D eigenvalue weighted by Crippen LogP contribution is -2.41. The highest BCUT2D eigenvalue weighted by molar-refractivity contribution is 6.35. The van der Waals surface area contributed by atoms with Crippen LogP contribution in [0.3, 0.4) is 0 Å². The summed E-state index contributed by atoms with van der Waals surface area (Å²) < 4.78 is 7.16. The highest BCUT2D eigenvalue weighted by Crippen LogP contribution is 2.23. The van der Waals surface area contributed by atoms with Gasteiger partial charge in [-0.05, 0) is 42.3 Å². The molecule has 146 valence electrons. The van der Waals surface area contributed by atoms with Crippen LogP contribution in [-0.2, 0) is 17.7 Å². The Kier molecular flexibility index (Phi) is 5.44. The van der Waals surface area contributed by atoms with Gasteiger partial charge in [-0.25, -0.2) is 4.98 Å². The van der Waals surface area contributed by atoms with Crippen LogP contribution in [0.5, 0.6) is 0 Å². The Morgan fingerprint density at radius 2 is 1.89 bits per heavy atom. The Balaban J connectivity index is 1.76. The number of ether oxygens (including phenoxy) is 1. The summed E-state index contributed by atoms with van der Waals surface area (Å²) in [6.45, 7) is 3.03. The Labute approximate surface area is 172 Å². The molecule has 0 amide bonds. The fourth-order valence-corrected chi connectivity index (χ4v) is 3.89. The summed E-state index contributed by atoms with van der Waals surface area (Å²) in [7, 11) is 0. The van der Waals surface area contributed by atoms with Crippen molar-refractivity contribution in [2.45, 2.75) is 13.0 Å². The van der Waals surface area contributed by atoms with Gasteiger partial charge in [0.05, 0.1) is 24.1 Å². The zero-order chi connectivity index (χ0) is 19.7. The normalized spacial score (nSPS) is 14.6. The monoisotopic (exact) mass is 418 g/mol. The molecular formula is C20H20Cl2N4O2. The van der Waals surface area contributed by atoms with Gasteiger partial charge in [-0.2, -0.15) is 0 Å². The number of fused-ring (bicyclic) bond motifs is 1. The van der Waals surface area contributed by atoms with Crippen LogP contribution < -0.4 is 16.2 Å². The Morgan fingerprint density at radius 3 is 2.64 bits per heavy atom. The summed E-state index contributed by atoms with van der Waals surface area (Å²) in [6, 6.07) is 10.6. The van der Waals surface area contributed by atoms with Gasteiger partial charge in [-0.15, -0.1) is 0 Å². The molecule has 6 nitrogen and oxygen atoms in total. The molecule has 4 rings (SSSR count). The van der Waals surface area contributed by atoms with E-state index in [9.17, 15) is 4.79 Å². The van der Waals surface area contributed by atoms with Crippen molar-refractivity contribution >= 4 is 45.7 Å². The number of anilines is 2. The topological polar surface area (TPSA) is 73.4 Å². The number of aromatic nitrogens is 2. The largest absolute Gasteiger partial charge is 0.399 e. The van der Waals surface area contributed by atoms with E-state index in [1.165, 1.54) is 0 Å². The van der Waals surface area contributed by atoms with Crippen LogP contribution >= 0.6 is 23.2 Å². The lowest BCUT2D eigenvalue weighted by atomic mass is 10.1. The number of rotatable bonds is 4. The third-order valence-electron chi connectivity index (χ3n) is 4.87. The fourth-order valence-electron chi connectivity index (χ4n) is 3.39. The van der Waals surface area contributed by atoms with Gasteiger partial charge in [0.15, 0.2) is 0 Å². The van der Waals surface area contributed by atoms with Crippen molar-refractivity contribution in [3.63, 3.8) is 0 Å². The third kappa shape index (κ3) is 3.81. The molecule has 0 aliphatic carbocycles. The van der Waals surface area contributed by atoms with Crippen molar-refractivity contribution in [2.24, 2.45) is 0 Å².